The first-order valence-electron chi connectivity index (χ1n) is 24.4. The molecular formula is C49H72N4O12. The van der Waals surface area contributed by atoms with E-state index < -0.39 is 109 Å². The second-order valence-corrected chi connectivity index (χ2v) is 20.7. The number of fused-ring (bicyclic) bond motifs is 1. The SMILES string of the molecule is [2H]CC(C)(C)C(=O)OC[C@H]1OC(Oc2nn(CCN(C)C)c3nccc(CCc4ccc(OC(=O)C(C)(C)C)cc4)c23)[C@H](OC(=O)C(C)(C)C[2H])[C@@H](OC(=O)C(C)(C)C[2H])[C@@H]1OC(=O)C(C)(C)C[2H]. The second kappa shape index (κ2) is 20.2. The summed E-state index contributed by atoms with van der Waals surface area (Å²) in [4.78, 5) is 74.6. The molecule has 0 aliphatic carbocycles. The molecule has 0 N–H and O–H groups in total. The fraction of sp³-hybridized carbons (Fsp3) is 0.653. The lowest BCUT2D eigenvalue weighted by molar-refractivity contribution is -0.294. The molecule has 16 nitrogen and oxygen atoms in total. The Morgan fingerprint density at radius 3 is 1.77 bits per heavy atom. The second-order valence-electron chi connectivity index (χ2n) is 20.7. The number of aryl methyl sites for hydroxylation is 2. The molecule has 1 aromatic carbocycles. The molecule has 1 saturated heterocycles. The maximum Gasteiger partial charge on any atom is 0.316 e. The Bertz CT molecular complexity index is 2280. The van der Waals surface area contributed by atoms with Crippen molar-refractivity contribution in [3.8, 4) is 11.6 Å². The summed E-state index contributed by atoms with van der Waals surface area (Å²) < 4.78 is 77.0. The largest absolute Gasteiger partial charge is 0.462 e. The average Bonchev–Trinajstić information content (AvgIpc) is 3.65. The summed E-state index contributed by atoms with van der Waals surface area (Å²) >= 11 is 0. The monoisotopic (exact) mass is 913 g/mol. The Labute approximate surface area is 389 Å². The van der Waals surface area contributed by atoms with Crippen LogP contribution in [0.25, 0.3) is 11.0 Å². The number of nitrogens with zero attached hydrogens (tertiary/aromatic N) is 4. The lowest BCUT2D eigenvalue weighted by Crippen LogP contribution is -2.65. The van der Waals surface area contributed by atoms with Crippen LogP contribution in [0, 0.1) is 27.1 Å². The van der Waals surface area contributed by atoms with Gasteiger partial charge in [0.15, 0.2) is 17.9 Å². The van der Waals surface area contributed by atoms with Crippen LogP contribution in [-0.4, -0.2) is 107 Å². The van der Waals surface area contributed by atoms with Crippen molar-refractivity contribution in [2.24, 2.45) is 27.1 Å². The van der Waals surface area contributed by atoms with Crippen molar-refractivity contribution in [3.05, 3.63) is 47.7 Å². The highest BCUT2D eigenvalue weighted by molar-refractivity contribution is 5.85. The molecule has 1 aliphatic rings. The Hall–Kier alpha value is -5.09. The van der Waals surface area contributed by atoms with Gasteiger partial charge in [-0.1, -0.05) is 12.1 Å². The van der Waals surface area contributed by atoms with Gasteiger partial charge in [-0.2, -0.15) is 0 Å². The van der Waals surface area contributed by atoms with Crippen molar-refractivity contribution < 1.29 is 62.6 Å². The fourth-order valence-electron chi connectivity index (χ4n) is 5.95. The van der Waals surface area contributed by atoms with Crippen LogP contribution >= 0.6 is 0 Å². The summed E-state index contributed by atoms with van der Waals surface area (Å²) in [5.74, 6) is -3.51. The number of pyridine rings is 1. The van der Waals surface area contributed by atoms with Crippen LogP contribution in [0.5, 0.6) is 11.6 Å². The third kappa shape index (κ3) is 14.2. The van der Waals surface area contributed by atoms with E-state index in [1.165, 1.54) is 55.4 Å². The Kier molecular flexibility index (Phi) is 14.4. The minimum absolute atomic E-state index is 0.0180. The third-order valence-electron chi connectivity index (χ3n) is 10.0. The van der Waals surface area contributed by atoms with E-state index in [0.29, 0.717) is 42.7 Å². The number of aromatic nitrogens is 3. The predicted molar refractivity (Wildman–Crippen MR) is 243 cm³/mol. The van der Waals surface area contributed by atoms with Gasteiger partial charge in [0, 0.05) is 18.2 Å². The number of likely N-dealkylation sites (N-methyl/N-ethyl adjacent to an activating group) is 1. The molecule has 360 valence electrons. The van der Waals surface area contributed by atoms with Gasteiger partial charge in [-0.05, 0) is 160 Å². The number of ether oxygens (including phenoxy) is 7. The number of rotatable bonds is 14. The number of carbonyl (C=O) groups is 5. The topological polar surface area (TPSA) is 184 Å². The van der Waals surface area contributed by atoms with Gasteiger partial charge in [-0.25, -0.2) is 9.67 Å². The molecular weight excluding hydrogens is 837 g/mol. The van der Waals surface area contributed by atoms with E-state index in [1.54, 1.807) is 43.8 Å². The van der Waals surface area contributed by atoms with E-state index in [1.807, 2.05) is 37.2 Å². The molecule has 65 heavy (non-hydrogen) atoms. The molecule has 0 amide bonds. The van der Waals surface area contributed by atoms with Gasteiger partial charge in [-0.3, -0.25) is 24.0 Å². The van der Waals surface area contributed by atoms with Crippen molar-refractivity contribution in [1.82, 2.24) is 19.7 Å². The molecule has 4 rings (SSSR count). The Morgan fingerprint density at radius 2 is 1.23 bits per heavy atom. The first-order chi connectivity index (χ1) is 32.0. The molecule has 3 heterocycles. The van der Waals surface area contributed by atoms with Gasteiger partial charge in [0.2, 0.25) is 18.3 Å². The zero-order valence-corrected chi connectivity index (χ0v) is 40.4. The van der Waals surface area contributed by atoms with Gasteiger partial charge in [0.05, 0.1) is 39.0 Å². The van der Waals surface area contributed by atoms with Gasteiger partial charge in [0.25, 0.3) is 0 Å². The van der Waals surface area contributed by atoms with E-state index in [2.05, 4.69) is 0 Å². The molecule has 0 bridgehead atoms. The van der Waals surface area contributed by atoms with Gasteiger partial charge in [0.1, 0.15) is 18.5 Å². The van der Waals surface area contributed by atoms with E-state index in [9.17, 15) is 24.0 Å². The first-order valence-corrected chi connectivity index (χ1v) is 21.6. The third-order valence-corrected chi connectivity index (χ3v) is 10.0. The molecule has 1 unspecified atom stereocenters. The standard InChI is InChI=1S/C49H72N4O12/c1-45(2,3)40(54)59-28-32-34(62-42(56)47(7,8)9)35(63-43(57)48(10,11)12)36(64-44(58)49(13,14)15)39(61-32)65-38-33-30(24-25-50-37(33)53(51-38)27-26-52(16)17)21-18-29-19-22-31(23-20-29)60-41(55)46(4,5)6/h19-20,22-25,32,34-36,39H,18,21,26-28H2,1-17H3/t32-,34-,35+,36-,39?/m1/s1/i1D,7D,10D,13D. The maximum atomic E-state index is 14.1. The summed E-state index contributed by atoms with van der Waals surface area (Å²) in [5.41, 5.74) is -4.08. The lowest BCUT2D eigenvalue weighted by Gasteiger charge is -2.45. The number of esters is 5. The molecule has 1 fully saturated rings. The van der Waals surface area contributed by atoms with Crippen molar-refractivity contribution in [2.45, 2.75) is 154 Å². The summed E-state index contributed by atoms with van der Waals surface area (Å²) in [5, 5.41) is 5.34. The molecule has 3 aromatic rings. The minimum Gasteiger partial charge on any atom is -0.462 e. The zero-order valence-electron chi connectivity index (χ0n) is 44.4. The van der Waals surface area contributed by atoms with Crippen LogP contribution < -0.4 is 9.47 Å². The van der Waals surface area contributed by atoms with Crippen molar-refractivity contribution in [3.63, 3.8) is 0 Å². The molecule has 1 aliphatic heterocycles. The van der Waals surface area contributed by atoms with Gasteiger partial charge >= 0.3 is 29.8 Å². The van der Waals surface area contributed by atoms with Gasteiger partial charge in [-0.15, -0.1) is 5.10 Å². The predicted octanol–water partition coefficient (Wildman–Crippen LogP) is 7.30. The van der Waals surface area contributed by atoms with E-state index in [0.717, 1.165) is 11.1 Å². The average molecular weight is 913 g/mol. The van der Waals surface area contributed by atoms with Crippen LogP contribution in [-0.2, 0) is 67.0 Å². The highest BCUT2D eigenvalue weighted by atomic mass is 16.7. The molecule has 0 spiro atoms. The van der Waals surface area contributed by atoms with E-state index in [-0.39, 0.29) is 18.7 Å². The summed E-state index contributed by atoms with van der Waals surface area (Å²) in [6.07, 6.45) is -5.81. The van der Waals surface area contributed by atoms with Crippen molar-refractivity contribution >= 4 is 40.9 Å². The number of benzene rings is 1. The normalized spacial score (nSPS) is 20.5. The summed E-state index contributed by atoms with van der Waals surface area (Å²) in [6, 6.07) is 9.01. The van der Waals surface area contributed by atoms with Crippen molar-refractivity contribution in [1.29, 1.82) is 0 Å². The van der Waals surface area contributed by atoms with Crippen molar-refractivity contribution in [2.75, 3.05) is 27.2 Å². The molecule has 2 aromatic heterocycles. The van der Waals surface area contributed by atoms with E-state index in [4.69, 9.17) is 48.7 Å². The van der Waals surface area contributed by atoms with Crippen LogP contribution in [0.1, 0.15) is 120 Å². The summed E-state index contributed by atoms with van der Waals surface area (Å²) in [6.45, 7) is 15.9. The molecule has 0 radical (unpaired) electrons. The number of hydrogen-bond acceptors (Lipinski definition) is 15. The van der Waals surface area contributed by atoms with Crippen LogP contribution in [0.3, 0.4) is 0 Å². The Morgan fingerprint density at radius 1 is 0.692 bits per heavy atom. The van der Waals surface area contributed by atoms with Crippen LogP contribution in [0.4, 0.5) is 0 Å². The molecule has 16 heteroatoms. The first kappa shape index (κ1) is 46.4. The number of hydrogen-bond donors (Lipinski definition) is 0. The lowest BCUT2D eigenvalue weighted by atomic mass is 9.93. The highest BCUT2D eigenvalue weighted by Crippen LogP contribution is 2.37. The molecule has 0 saturated carbocycles. The molecule has 5 atom stereocenters. The smallest absolute Gasteiger partial charge is 0.316 e. The Balaban J connectivity index is 1.93. The van der Waals surface area contributed by atoms with E-state index >= 15 is 0 Å². The minimum atomic E-state index is -1.75. The quantitative estimate of drug-likeness (QED) is 0.0891. The van der Waals surface area contributed by atoms with Crippen LogP contribution in [0.2, 0.25) is 0 Å². The highest BCUT2D eigenvalue weighted by Gasteiger charge is 2.56. The maximum absolute atomic E-state index is 14.1. The number of carbonyl (C=O) groups excluding carboxylic acids is 5. The summed E-state index contributed by atoms with van der Waals surface area (Å²) in [7, 11) is 3.81. The fourth-order valence-corrected chi connectivity index (χ4v) is 5.95. The van der Waals surface area contributed by atoms with Crippen LogP contribution in [0.15, 0.2) is 36.5 Å². The zero-order chi connectivity index (χ0) is 51.9. The van der Waals surface area contributed by atoms with Gasteiger partial charge < -0.3 is 38.1 Å².